The van der Waals surface area contributed by atoms with Crippen LogP contribution in [-0.4, -0.2) is 175 Å². The number of nitrogens with two attached hydrogens (primary N) is 5. The molecule has 0 aromatic heterocycles. The van der Waals surface area contributed by atoms with Crippen molar-refractivity contribution < 1.29 is 58.2 Å². The van der Waals surface area contributed by atoms with E-state index in [1.807, 2.05) is 54.6 Å². The molecule has 1 fully saturated rings. The van der Waals surface area contributed by atoms with Crippen LogP contribution in [-0.2, 0) is 47.9 Å². The van der Waals surface area contributed by atoms with Crippen LogP contribution in [0.4, 0.5) is 0 Å². The van der Waals surface area contributed by atoms with E-state index in [1.54, 1.807) is 20.8 Å². The number of aliphatic hydroxyl groups excluding tert-OH is 2. The van der Waals surface area contributed by atoms with Gasteiger partial charge in [-0.1, -0.05) is 75.4 Å². The van der Waals surface area contributed by atoms with Gasteiger partial charge in [0.25, 0.3) is 0 Å². The van der Waals surface area contributed by atoms with Crippen molar-refractivity contribution in [2.45, 2.75) is 152 Å². The fourth-order valence-electron chi connectivity index (χ4n) is 8.67. The van der Waals surface area contributed by atoms with Crippen LogP contribution in [0.5, 0.6) is 0 Å². The Morgan fingerprint density at radius 3 is 1.62 bits per heavy atom. The highest BCUT2D eigenvalue weighted by Gasteiger charge is 2.37. The highest BCUT2D eigenvalue weighted by molar-refractivity contribution is 5.99. The fraction of sp³-hybridized carbons (Fsp3) is 0.585. The number of aliphatic hydroxyl groups is 2. The fourth-order valence-corrected chi connectivity index (χ4v) is 8.67. The maximum atomic E-state index is 14.3. The zero-order valence-electron chi connectivity index (χ0n) is 46.3. The Bertz CT molecular complexity index is 2400. The third-order valence-corrected chi connectivity index (χ3v) is 13.2. The second-order valence-electron chi connectivity index (χ2n) is 20.2. The molecule has 1 aliphatic rings. The Labute approximate surface area is 466 Å². The molecule has 444 valence electrons. The van der Waals surface area contributed by atoms with Gasteiger partial charge in [0.05, 0.1) is 12.2 Å². The summed E-state index contributed by atoms with van der Waals surface area (Å²) in [4.78, 5) is 138. The maximum Gasteiger partial charge on any atom is 0.245 e. The first-order valence-electron chi connectivity index (χ1n) is 27.0. The molecule has 2 aromatic carbocycles. The molecular weight excluding hydrogens is 1040 g/mol. The molecular formula is C53H85N15O12. The van der Waals surface area contributed by atoms with E-state index in [2.05, 4.69) is 53.2 Å². The minimum atomic E-state index is -1.67. The minimum Gasteiger partial charge on any atom is -0.391 e. The van der Waals surface area contributed by atoms with Gasteiger partial charge in [-0.2, -0.15) is 0 Å². The van der Waals surface area contributed by atoms with Crippen LogP contribution < -0.4 is 81.8 Å². The molecule has 1 unspecified atom stereocenters. The SMILES string of the molecule is CC[C@@H]1NC(=O)[C@@H](CC(C)C)NC(=O)[C@H](CCN)NC(=O)[C@@H](NC(=O)[C@H](CN)NC(=O)[C@@H](NC(=O)CC(CN)c2cccc(-c3ccccc3)c2)[C@@H](C)O)CCNC(=O)[C@H]([C@@H](C)O)NC(=O)[C@H](CCN)NC(=O)[C@H](CCN)NC1=O. The van der Waals surface area contributed by atoms with Crippen LogP contribution in [0.3, 0.4) is 0 Å². The van der Waals surface area contributed by atoms with Gasteiger partial charge < -0.3 is 92.0 Å². The summed E-state index contributed by atoms with van der Waals surface area (Å²) < 4.78 is 0. The Morgan fingerprint density at radius 1 is 0.600 bits per heavy atom. The lowest BCUT2D eigenvalue weighted by atomic mass is 9.92. The summed E-state index contributed by atoms with van der Waals surface area (Å²) >= 11 is 0. The molecule has 1 aliphatic heterocycles. The third-order valence-electron chi connectivity index (χ3n) is 13.2. The van der Waals surface area contributed by atoms with Crippen molar-refractivity contribution in [2.24, 2.45) is 34.6 Å². The molecule has 0 saturated carbocycles. The van der Waals surface area contributed by atoms with E-state index in [1.165, 1.54) is 13.8 Å². The van der Waals surface area contributed by atoms with E-state index < -0.39 is 151 Å². The van der Waals surface area contributed by atoms with Gasteiger partial charge in [0.1, 0.15) is 54.4 Å². The van der Waals surface area contributed by atoms with Crippen molar-refractivity contribution in [1.82, 2.24) is 53.2 Å². The number of benzene rings is 2. The first-order valence-corrected chi connectivity index (χ1v) is 27.0. The van der Waals surface area contributed by atoms with Crippen molar-refractivity contribution in [3.8, 4) is 11.1 Å². The molecule has 0 aliphatic carbocycles. The minimum absolute atomic E-state index is 0.0187. The lowest BCUT2D eigenvalue weighted by Gasteiger charge is -2.28. The van der Waals surface area contributed by atoms with Gasteiger partial charge in [-0.3, -0.25) is 47.9 Å². The molecule has 1 heterocycles. The molecule has 1 saturated heterocycles. The first-order chi connectivity index (χ1) is 38.0. The Kier molecular flexibility index (Phi) is 28.6. The second-order valence-corrected chi connectivity index (χ2v) is 20.2. The molecule has 10 amide bonds. The monoisotopic (exact) mass is 1120 g/mol. The summed E-state index contributed by atoms with van der Waals surface area (Å²) in [6.07, 6.45) is -4.07. The van der Waals surface area contributed by atoms with Gasteiger partial charge in [-0.05, 0) is 101 Å². The number of amides is 10. The van der Waals surface area contributed by atoms with Crippen molar-refractivity contribution >= 4 is 59.1 Å². The Hall–Kier alpha value is -7.14. The van der Waals surface area contributed by atoms with Crippen LogP contribution in [0, 0.1) is 5.92 Å². The summed E-state index contributed by atoms with van der Waals surface area (Å²) in [6, 6.07) is 3.81. The van der Waals surface area contributed by atoms with E-state index in [0.717, 1.165) is 16.7 Å². The van der Waals surface area contributed by atoms with E-state index in [4.69, 9.17) is 28.7 Å². The van der Waals surface area contributed by atoms with Gasteiger partial charge in [0.2, 0.25) is 59.1 Å². The van der Waals surface area contributed by atoms with Gasteiger partial charge in [-0.25, -0.2) is 0 Å². The summed E-state index contributed by atoms with van der Waals surface area (Å²) in [5.74, 6) is -9.66. The first kappa shape index (κ1) is 67.1. The summed E-state index contributed by atoms with van der Waals surface area (Å²) in [5, 5.41) is 46.6. The summed E-state index contributed by atoms with van der Waals surface area (Å²) in [7, 11) is 0. The van der Waals surface area contributed by atoms with Gasteiger partial charge in [-0.15, -0.1) is 0 Å². The lowest BCUT2D eigenvalue weighted by Crippen LogP contribution is -2.62. The molecule has 0 radical (unpaired) electrons. The quantitative estimate of drug-likeness (QED) is 0.0524. The number of nitrogens with one attached hydrogen (secondary N) is 10. The maximum absolute atomic E-state index is 14.3. The number of carbonyl (C=O) groups excluding carboxylic acids is 10. The van der Waals surface area contributed by atoms with Crippen LogP contribution in [0.2, 0.25) is 0 Å². The van der Waals surface area contributed by atoms with Gasteiger partial charge in [0.15, 0.2) is 0 Å². The predicted octanol–water partition coefficient (Wildman–Crippen LogP) is -5.11. The van der Waals surface area contributed by atoms with E-state index >= 15 is 0 Å². The summed E-state index contributed by atoms with van der Waals surface area (Å²) in [5.41, 5.74) is 32.2. The smallest absolute Gasteiger partial charge is 0.245 e. The predicted molar refractivity (Wildman–Crippen MR) is 296 cm³/mol. The Morgan fingerprint density at radius 2 is 1.11 bits per heavy atom. The van der Waals surface area contributed by atoms with Crippen LogP contribution in [0.25, 0.3) is 11.1 Å². The van der Waals surface area contributed by atoms with Gasteiger partial charge in [0, 0.05) is 25.4 Å². The number of hydrogen-bond donors (Lipinski definition) is 17. The van der Waals surface area contributed by atoms with Gasteiger partial charge >= 0.3 is 0 Å². The number of hydrogen-bond acceptors (Lipinski definition) is 17. The number of rotatable bonds is 22. The van der Waals surface area contributed by atoms with Crippen molar-refractivity contribution in [3.63, 3.8) is 0 Å². The van der Waals surface area contributed by atoms with Crippen LogP contribution in [0.1, 0.15) is 91.0 Å². The molecule has 80 heavy (non-hydrogen) atoms. The van der Waals surface area contributed by atoms with Crippen LogP contribution >= 0.6 is 0 Å². The highest BCUT2D eigenvalue weighted by atomic mass is 16.3. The normalized spacial score (nSPS) is 23.2. The Balaban J connectivity index is 1.97. The molecule has 0 spiro atoms. The molecule has 12 atom stereocenters. The topological polar surface area (TPSA) is 462 Å². The largest absolute Gasteiger partial charge is 0.391 e. The highest BCUT2D eigenvalue weighted by Crippen LogP contribution is 2.26. The molecule has 0 bridgehead atoms. The van der Waals surface area contributed by atoms with Crippen molar-refractivity contribution in [1.29, 1.82) is 0 Å². The van der Waals surface area contributed by atoms with E-state index in [-0.39, 0.29) is 70.6 Å². The average molecular weight is 1120 g/mol. The van der Waals surface area contributed by atoms with E-state index in [9.17, 15) is 58.2 Å². The summed E-state index contributed by atoms with van der Waals surface area (Å²) in [6.45, 7) is 6.23. The molecule has 22 N–H and O–H groups in total. The van der Waals surface area contributed by atoms with Crippen LogP contribution in [0.15, 0.2) is 54.6 Å². The van der Waals surface area contributed by atoms with E-state index in [0.29, 0.717) is 0 Å². The number of carbonyl (C=O) groups is 10. The molecule has 27 heteroatoms. The lowest BCUT2D eigenvalue weighted by molar-refractivity contribution is -0.136. The average Bonchev–Trinajstić information content (AvgIpc) is 3.42. The van der Waals surface area contributed by atoms with Crippen molar-refractivity contribution in [3.05, 3.63) is 60.2 Å². The second kappa shape index (κ2) is 34.1. The molecule has 2 aromatic rings. The molecule has 3 rings (SSSR count). The molecule has 27 nitrogen and oxygen atoms in total. The zero-order valence-corrected chi connectivity index (χ0v) is 46.3. The standard InChI is InChI=1S/C53H85N15O12/c1-6-35-45(72)61-36(15-19-54)46(73)63-38(17-21-56)49(76)68-43(29(4)69)52(79)59-22-18-39(48(75)62-37(16-20-55)47(74)65-40(23-28(2)3)50(77)60-35)64-51(78)41(27-58)66-53(80)44(30(5)70)67-42(71)25-34(26-57)33-14-10-13-32(24-33)31-11-8-7-9-12-31/h7-14,24,28-30,34-41,43-44,69-70H,6,15-23,25-27,54-58H2,1-5H3,(H,59,79)(H,60,77)(H,61,72)(H,62,75)(H,63,73)(H,64,78)(H,65,74)(H,66,80)(H,67,71)(H,68,76)/t29-,30-,34?,35+,36+,37+,38+,39+,40-,41+,43+,44+/m1/s1. The van der Waals surface area contributed by atoms with Crippen molar-refractivity contribution in [2.75, 3.05) is 39.3 Å². The third kappa shape index (κ3) is 21.2. The zero-order chi connectivity index (χ0) is 59.6.